The molecule has 0 saturated heterocycles. The Balaban J connectivity index is 1.54. The van der Waals surface area contributed by atoms with E-state index in [2.05, 4.69) is 5.32 Å². The molecule has 1 saturated carbocycles. The average molecular weight is 320 g/mol. The monoisotopic (exact) mass is 320 g/mol. The molecular formula is C19H16N2O3. The van der Waals surface area contributed by atoms with Crippen LogP contribution in [0.5, 0.6) is 0 Å². The zero-order valence-corrected chi connectivity index (χ0v) is 13.0. The van der Waals surface area contributed by atoms with Gasteiger partial charge in [0, 0.05) is 5.69 Å². The van der Waals surface area contributed by atoms with Crippen LogP contribution in [0.4, 0.5) is 5.69 Å². The molecule has 0 atom stereocenters. The number of esters is 1. The molecule has 0 spiro atoms. The molecule has 1 N–H and O–H groups in total. The quantitative estimate of drug-likeness (QED) is 0.859. The van der Waals surface area contributed by atoms with Crippen molar-refractivity contribution in [3.63, 3.8) is 0 Å². The van der Waals surface area contributed by atoms with E-state index in [1.807, 2.05) is 36.4 Å². The van der Waals surface area contributed by atoms with Crippen molar-refractivity contribution in [1.29, 1.82) is 5.26 Å². The predicted molar refractivity (Wildman–Crippen MR) is 88.1 cm³/mol. The van der Waals surface area contributed by atoms with Crippen LogP contribution < -0.4 is 5.32 Å². The maximum atomic E-state index is 12.3. The lowest BCUT2D eigenvalue weighted by Crippen LogP contribution is -2.28. The van der Waals surface area contributed by atoms with E-state index in [9.17, 15) is 9.59 Å². The Morgan fingerprint density at radius 3 is 2.33 bits per heavy atom. The second-order valence-electron chi connectivity index (χ2n) is 5.76. The molecule has 2 aromatic carbocycles. The fourth-order valence-corrected chi connectivity index (χ4v) is 2.59. The molecule has 0 unspecified atom stereocenters. The summed E-state index contributed by atoms with van der Waals surface area (Å²) >= 11 is 0. The normalized spacial score (nSPS) is 14.3. The molecule has 0 aromatic heterocycles. The van der Waals surface area contributed by atoms with Crippen LogP contribution in [-0.2, 0) is 19.7 Å². The van der Waals surface area contributed by atoms with Gasteiger partial charge in [-0.1, -0.05) is 30.3 Å². The highest BCUT2D eigenvalue weighted by Gasteiger charge is 2.52. The van der Waals surface area contributed by atoms with Gasteiger partial charge in [0.2, 0.25) is 0 Å². The lowest BCUT2D eigenvalue weighted by atomic mass is 9.96. The molecule has 5 heteroatoms. The van der Waals surface area contributed by atoms with E-state index >= 15 is 0 Å². The maximum absolute atomic E-state index is 12.3. The number of carbonyl (C=O) groups excluding carboxylic acids is 2. The highest BCUT2D eigenvalue weighted by atomic mass is 16.5. The summed E-state index contributed by atoms with van der Waals surface area (Å²) < 4.78 is 5.20. The van der Waals surface area contributed by atoms with E-state index in [1.165, 1.54) is 0 Å². The number of benzene rings is 2. The summed E-state index contributed by atoms with van der Waals surface area (Å²) in [5, 5.41) is 11.4. The van der Waals surface area contributed by atoms with Crippen molar-refractivity contribution in [2.75, 3.05) is 11.9 Å². The van der Waals surface area contributed by atoms with Crippen molar-refractivity contribution < 1.29 is 14.3 Å². The maximum Gasteiger partial charge on any atom is 0.317 e. The van der Waals surface area contributed by atoms with Crippen molar-refractivity contribution in [2.24, 2.45) is 0 Å². The summed E-state index contributed by atoms with van der Waals surface area (Å²) in [6.07, 6.45) is 1.49. The minimum atomic E-state index is -0.587. The van der Waals surface area contributed by atoms with Crippen LogP contribution >= 0.6 is 0 Å². The van der Waals surface area contributed by atoms with Gasteiger partial charge in [-0.05, 0) is 42.7 Å². The molecule has 120 valence electrons. The molecule has 1 aliphatic carbocycles. The number of nitrogens with zero attached hydrogens (tertiary/aromatic N) is 1. The molecule has 1 amide bonds. The zero-order valence-electron chi connectivity index (χ0n) is 13.0. The van der Waals surface area contributed by atoms with Crippen molar-refractivity contribution in [2.45, 2.75) is 18.3 Å². The van der Waals surface area contributed by atoms with Crippen molar-refractivity contribution >= 4 is 17.6 Å². The van der Waals surface area contributed by atoms with E-state index in [4.69, 9.17) is 10.00 Å². The van der Waals surface area contributed by atoms with E-state index < -0.39 is 11.3 Å². The SMILES string of the molecule is N#Cc1ccc(NC(=O)COC(=O)C2(c3ccccc3)CC2)cc1. The molecule has 2 aromatic rings. The third kappa shape index (κ3) is 3.28. The van der Waals surface area contributed by atoms with E-state index in [-0.39, 0.29) is 12.6 Å². The Kier molecular flexibility index (Phi) is 4.30. The van der Waals surface area contributed by atoms with Gasteiger partial charge in [-0.15, -0.1) is 0 Å². The van der Waals surface area contributed by atoms with Crippen LogP contribution in [0.25, 0.3) is 0 Å². The van der Waals surface area contributed by atoms with Gasteiger partial charge in [0.15, 0.2) is 6.61 Å². The summed E-state index contributed by atoms with van der Waals surface area (Å²) in [5.74, 6) is -0.763. The van der Waals surface area contributed by atoms with Crippen molar-refractivity contribution in [3.8, 4) is 6.07 Å². The third-order valence-electron chi connectivity index (χ3n) is 4.10. The number of nitriles is 1. The van der Waals surface area contributed by atoms with E-state index in [0.717, 1.165) is 18.4 Å². The predicted octanol–water partition coefficient (Wildman–Crippen LogP) is 2.77. The van der Waals surface area contributed by atoms with Crippen LogP contribution in [0.2, 0.25) is 0 Å². The van der Waals surface area contributed by atoms with Crippen LogP contribution in [0.15, 0.2) is 54.6 Å². The standard InChI is InChI=1S/C19H16N2O3/c20-12-14-6-8-16(9-7-14)21-17(22)13-24-18(23)19(10-11-19)15-4-2-1-3-5-15/h1-9H,10-11,13H2,(H,21,22). The zero-order chi connectivity index (χ0) is 17.0. The molecule has 0 bridgehead atoms. The Morgan fingerprint density at radius 1 is 1.08 bits per heavy atom. The molecule has 1 fully saturated rings. The third-order valence-corrected chi connectivity index (χ3v) is 4.10. The smallest absolute Gasteiger partial charge is 0.317 e. The van der Waals surface area contributed by atoms with Crippen molar-refractivity contribution in [1.82, 2.24) is 0 Å². The van der Waals surface area contributed by atoms with Gasteiger partial charge in [0.05, 0.1) is 17.0 Å². The second-order valence-corrected chi connectivity index (χ2v) is 5.76. The van der Waals surface area contributed by atoms with Gasteiger partial charge < -0.3 is 10.1 Å². The van der Waals surface area contributed by atoms with Gasteiger partial charge in [-0.3, -0.25) is 9.59 Å². The minimum absolute atomic E-state index is 0.326. The van der Waals surface area contributed by atoms with E-state index in [0.29, 0.717) is 11.3 Å². The fraction of sp³-hybridized carbons (Fsp3) is 0.211. The summed E-state index contributed by atoms with van der Waals surface area (Å²) in [6.45, 7) is -0.326. The van der Waals surface area contributed by atoms with Crippen molar-refractivity contribution in [3.05, 3.63) is 65.7 Å². The number of hydrogen-bond acceptors (Lipinski definition) is 4. The van der Waals surface area contributed by atoms with Crippen LogP contribution in [0.1, 0.15) is 24.0 Å². The van der Waals surface area contributed by atoms with Gasteiger partial charge in [0.1, 0.15) is 0 Å². The number of anilines is 1. The number of amides is 1. The van der Waals surface area contributed by atoms with Gasteiger partial charge in [-0.2, -0.15) is 5.26 Å². The first kappa shape index (κ1) is 15.8. The molecule has 24 heavy (non-hydrogen) atoms. The molecule has 0 aliphatic heterocycles. The Morgan fingerprint density at radius 2 is 1.75 bits per heavy atom. The Hall–Kier alpha value is -3.13. The molecule has 5 nitrogen and oxygen atoms in total. The Bertz CT molecular complexity index is 788. The number of carbonyl (C=O) groups is 2. The first-order chi connectivity index (χ1) is 11.6. The van der Waals surface area contributed by atoms with Crippen LogP contribution in [0.3, 0.4) is 0 Å². The lowest BCUT2D eigenvalue weighted by molar-refractivity contribution is -0.150. The summed E-state index contributed by atoms with van der Waals surface area (Å²) in [4.78, 5) is 24.2. The van der Waals surface area contributed by atoms with Gasteiger partial charge in [-0.25, -0.2) is 0 Å². The number of ether oxygens (including phenoxy) is 1. The van der Waals surface area contributed by atoms with Crippen LogP contribution in [-0.4, -0.2) is 18.5 Å². The first-order valence-corrected chi connectivity index (χ1v) is 7.67. The number of nitrogens with one attached hydrogen (secondary N) is 1. The largest absolute Gasteiger partial charge is 0.455 e. The highest BCUT2D eigenvalue weighted by molar-refractivity contribution is 5.94. The summed E-state index contributed by atoms with van der Waals surface area (Å²) in [5.41, 5.74) is 1.41. The minimum Gasteiger partial charge on any atom is -0.455 e. The topological polar surface area (TPSA) is 79.2 Å². The molecule has 3 rings (SSSR count). The second kappa shape index (κ2) is 6.55. The summed E-state index contributed by atoms with van der Waals surface area (Å²) in [7, 11) is 0. The molecular weight excluding hydrogens is 304 g/mol. The molecule has 0 radical (unpaired) electrons. The van der Waals surface area contributed by atoms with Crippen LogP contribution in [0, 0.1) is 11.3 Å². The Labute approximate surface area is 139 Å². The van der Waals surface area contributed by atoms with Gasteiger partial charge in [0.25, 0.3) is 5.91 Å². The number of hydrogen-bond donors (Lipinski definition) is 1. The fourth-order valence-electron chi connectivity index (χ4n) is 2.59. The summed E-state index contributed by atoms with van der Waals surface area (Å²) in [6, 6.07) is 18.0. The molecule has 0 heterocycles. The lowest BCUT2D eigenvalue weighted by Gasteiger charge is -2.14. The van der Waals surface area contributed by atoms with Gasteiger partial charge >= 0.3 is 5.97 Å². The molecule has 1 aliphatic rings. The average Bonchev–Trinajstić information content (AvgIpc) is 3.43. The number of rotatable bonds is 5. The highest BCUT2D eigenvalue weighted by Crippen LogP contribution is 2.49. The first-order valence-electron chi connectivity index (χ1n) is 7.67. The van der Waals surface area contributed by atoms with E-state index in [1.54, 1.807) is 24.3 Å².